The minimum atomic E-state index is -1.21. The molecule has 0 unspecified atom stereocenters. The van der Waals surface area contributed by atoms with Crippen LogP contribution in [0.25, 0.3) is 0 Å². The quantitative estimate of drug-likeness (QED) is 0.419. The number of rotatable bonds is 3. The predicted octanol–water partition coefficient (Wildman–Crippen LogP) is 6.57. The lowest BCUT2D eigenvalue weighted by Gasteiger charge is -2.42. The summed E-state index contributed by atoms with van der Waals surface area (Å²) >= 11 is 9.65. The van der Waals surface area contributed by atoms with E-state index >= 15 is 4.39 Å². The molecule has 2 aliphatic heterocycles. The summed E-state index contributed by atoms with van der Waals surface area (Å²) in [6.07, 6.45) is 0.603. The lowest BCUT2D eigenvalue weighted by atomic mass is 9.62. The van der Waals surface area contributed by atoms with Gasteiger partial charge in [0.05, 0.1) is 11.1 Å². The van der Waals surface area contributed by atoms with Crippen molar-refractivity contribution in [1.82, 2.24) is 4.90 Å². The molecule has 2 aliphatic rings. The summed E-state index contributed by atoms with van der Waals surface area (Å²) in [5.74, 6) is -1.85. The van der Waals surface area contributed by atoms with Crippen LogP contribution in [0.4, 0.5) is 4.39 Å². The predicted molar refractivity (Wildman–Crippen MR) is 129 cm³/mol. The van der Waals surface area contributed by atoms with Gasteiger partial charge in [0.25, 0.3) is 0 Å². The minimum Gasteiger partial charge on any atom is -0.443 e. The molecular weight excluding hydrogens is 507 g/mol. The van der Waals surface area contributed by atoms with Crippen molar-refractivity contribution in [2.75, 3.05) is 0 Å². The highest BCUT2D eigenvalue weighted by Gasteiger charge is 2.70. The second-order valence-corrected chi connectivity index (χ2v) is 11.9. The Hall–Kier alpha value is -1.94. The number of ether oxygens (including phenoxy) is 1. The first kappa shape index (κ1) is 24.2. The van der Waals surface area contributed by atoms with E-state index in [9.17, 15) is 10.1 Å². The molecule has 0 radical (unpaired) electrons. The van der Waals surface area contributed by atoms with E-state index in [0.717, 1.165) is 10.0 Å². The van der Waals surface area contributed by atoms with Crippen molar-refractivity contribution in [3.63, 3.8) is 0 Å². The van der Waals surface area contributed by atoms with Gasteiger partial charge in [-0.25, -0.2) is 9.29 Å². The summed E-state index contributed by atoms with van der Waals surface area (Å²) in [4.78, 5) is 15.3. The third-order valence-corrected chi connectivity index (χ3v) is 7.63. The van der Waals surface area contributed by atoms with Crippen molar-refractivity contribution in [2.24, 2.45) is 5.41 Å². The number of hydrogen-bond acceptors (Lipinski definition) is 4. The Labute approximate surface area is 207 Å². The zero-order chi connectivity index (χ0) is 24.3. The van der Waals surface area contributed by atoms with Crippen LogP contribution >= 0.6 is 27.5 Å². The molecule has 0 spiro atoms. The highest BCUT2D eigenvalue weighted by atomic mass is 79.9. The molecule has 7 heteroatoms. The first-order valence-corrected chi connectivity index (χ1v) is 12.1. The van der Waals surface area contributed by atoms with Crippen LogP contribution < -0.4 is 0 Å². The molecule has 0 aromatic heterocycles. The van der Waals surface area contributed by atoms with Crippen LogP contribution in [-0.2, 0) is 14.9 Å². The summed E-state index contributed by atoms with van der Waals surface area (Å²) in [5.41, 5.74) is -1.33. The normalized spacial score (nSPS) is 28.9. The zero-order valence-corrected chi connectivity index (χ0v) is 21.7. The molecule has 2 heterocycles. The highest BCUT2D eigenvalue weighted by molar-refractivity contribution is 9.10. The summed E-state index contributed by atoms with van der Waals surface area (Å²) in [6, 6.07) is 13.7. The van der Waals surface area contributed by atoms with Gasteiger partial charge in [-0.2, -0.15) is 5.26 Å². The molecule has 0 amide bonds. The fraction of sp³-hybridized carbons (Fsp3) is 0.462. The van der Waals surface area contributed by atoms with E-state index in [2.05, 4.69) is 42.8 Å². The zero-order valence-electron chi connectivity index (χ0n) is 19.3. The minimum absolute atomic E-state index is 0.0356. The summed E-state index contributed by atoms with van der Waals surface area (Å²) < 4.78 is 22.2. The van der Waals surface area contributed by atoms with E-state index in [1.807, 2.05) is 43.0 Å². The number of cyclic esters (lactones) is 1. The fourth-order valence-corrected chi connectivity index (χ4v) is 6.12. The molecule has 2 fully saturated rings. The van der Waals surface area contributed by atoms with Crippen molar-refractivity contribution in [2.45, 2.75) is 70.2 Å². The standard InChI is InChI=1S/C26H27BrClFN2O2/c1-24(2,3)13-19-26(14-30,15-9-11-16(27)12-10-15)20(17-7-6-8-18(28)21(17)29)22-23(32)33-25(4,5)31(19)22/h6-12,19-20,22H,13H2,1-5H3/t19-,20-,22+,26-/m0/s1. The molecule has 4 rings (SSSR count). The molecule has 0 bridgehead atoms. The van der Waals surface area contributed by atoms with Crippen molar-refractivity contribution >= 4 is 33.5 Å². The van der Waals surface area contributed by atoms with Gasteiger partial charge >= 0.3 is 5.97 Å². The summed E-state index contributed by atoms with van der Waals surface area (Å²) in [5, 5.41) is 10.9. The molecule has 4 nitrogen and oxygen atoms in total. The van der Waals surface area contributed by atoms with E-state index in [1.165, 1.54) is 6.07 Å². The number of carbonyl (C=O) groups is 1. The topological polar surface area (TPSA) is 53.3 Å². The third kappa shape index (κ3) is 3.79. The van der Waals surface area contributed by atoms with Gasteiger partial charge in [0.1, 0.15) is 17.3 Å². The molecule has 2 aromatic rings. The van der Waals surface area contributed by atoms with Crippen LogP contribution in [0.15, 0.2) is 46.9 Å². The van der Waals surface area contributed by atoms with E-state index < -0.39 is 40.9 Å². The Morgan fingerprint density at radius 2 is 1.85 bits per heavy atom. The number of halogens is 3. The maximum absolute atomic E-state index is 15.5. The molecule has 0 aliphatic carbocycles. The number of nitriles is 1. The SMILES string of the molecule is CC(C)(C)C[C@@H]1N2[C@@H](C(=O)OC2(C)C)[C@H](c2cccc(Cl)c2F)[C@@]1(C#N)c1ccc(Br)cc1. The van der Waals surface area contributed by atoms with Crippen molar-refractivity contribution < 1.29 is 13.9 Å². The Bertz CT molecular complexity index is 1140. The average molecular weight is 534 g/mol. The number of esters is 1. The maximum Gasteiger partial charge on any atom is 0.325 e. The fourth-order valence-electron chi connectivity index (χ4n) is 5.67. The molecule has 0 saturated carbocycles. The Morgan fingerprint density at radius 1 is 1.21 bits per heavy atom. The largest absolute Gasteiger partial charge is 0.443 e. The Kier molecular flexibility index (Phi) is 5.92. The van der Waals surface area contributed by atoms with Gasteiger partial charge in [-0.15, -0.1) is 0 Å². The number of benzene rings is 2. The van der Waals surface area contributed by atoms with E-state index in [-0.39, 0.29) is 16.0 Å². The molecule has 0 N–H and O–H groups in total. The van der Waals surface area contributed by atoms with Crippen LogP contribution in [0.5, 0.6) is 0 Å². The monoisotopic (exact) mass is 532 g/mol. The van der Waals surface area contributed by atoms with Crippen molar-refractivity contribution in [3.05, 3.63) is 68.9 Å². The number of fused-ring (bicyclic) bond motifs is 1. The summed E-state index contributed by atoms with van der Waals surface area (Å²) in [7, 11) is 0. The van der Waals surface area contributed by atoms with Crippen LogP contribution in [0, 0.1) is 22.6 Å². The second-order valence-electron chi connectivity index (χ2n) is 10.6. The van der Waals surface area contributed by atoms with Gasteiger partial charge < -0.3 is 4.74 Å². The Morgan fingerprint density at radius 3 is 2.42 bits per heavy atom. The molecule has 174 valence electrons. The average Bonchev–Trinajstić information content (AvgIpc) is 3.13. The van der Waals surface area contributed by atoms with Gasteiger partial charge in [0.2, 0.25) is 0 Å². The van der Waals surface area contributed by atoms with Gasteiger partial charge in [0.15, 0.2) is 5.72 Å². The Balaban J connectivity index is 2.09. The van der Waals surface area contributed by atoms with Crippen LogP contribution in [0.2, 0.25) is 5.02 Å². The number of carbonyl (C=O) groups excluding carboxylic acids is 1. The molecule has 4 atom stereocenters. The lowest BCUT2D eigenvalue weighted by Crippen LogP contribution is -2.52. The van der Waals surface area contributed by atoms with Gasteiger partial charge in [-0.1, -0.05) is 72.6 Å². The van der Waals surface area contributed by atoms with Crippen molar-refractivity contribution in [1.29, 1.82) is 5.26 Å². The molecule has 2 aromatic carbocycles. The first-order chi connectivity index (χ1) is 15.3. The second kappa shape index (κ2) is 8.08. The van der Waals surface area contributed by atoms with E-state index in [4.69, 9.17) is 16.3 Å². The number of nitrogens with zero attached hydrogens (tertiary/aromatic N) is 2. The van der Waals surface area contributed by atoms with Crippen LogP contribution in [-0.4, -0.2) is 28.7 Å². The van der Waals surface area contributed by atoms with Crippen LogP contribution in [0.3, 0.4) is 0 Å². The van der Waals surface area contributed by atoms with E-state index in [0.29, 0.717) is 6.42 Å². The molecule has 33 heavy (non-hydrogen) atoms. The number of hydrogen-bond donors (Lipinski definition) is 0. The highest BCUT2D eigenvalue weighted by Crippen LogP contribution is 2.60. The van der Waals surface area contributed by atoms with E-state index in [1.54, 1.807) is 12.1 Å². The van der Waals surface area contributed by atoms with Gasteiger partial charge in [-0.05, 0) is 55.0 Å². The van der Waals surface area contributed by atoms with Gasteiger partial charge in [0, 0.05) is 16.4 Å². The van der Waals surface area contributed by atoms with Gasteiger partial charge in [-0.3, -0.25) is 4.79 Å². The van der Waals surface area contributed by atoms with Crippen molar-refractivity contribution in [3.8, 4) is 6.07 Å². The smallest absolute Gasteiger partial charge is 0.325 e. The van der Waals surface area contributed by atoms with Crippen LogP contribution in [0.1, 0.15) is 58.1 Å². The lowest BCUT2D eigenvalue weighted by molar-refractivity contribution is -0.152. The third-order valence-electron chi connectivity index (χ3n) is 6.81. The first-order valence-electron chi connectivity index (χ1n) is 11.0. The summed E-state index contributed by atoms with van der Waals surface area (Å²) in [6.45, 7) is 9.97. The molecular formula is C26H27BrClFN2O2. The molecule has 2 saturated heterocycles. The maximum atomic E-state index is 15.5.